The fourth-order valence-corrected chi connectivity index (χ4v) is 7.81. The molecule has 0 amide bonds. The standard InChI is InChI=1S/C47H62N2O10/c1-54-38-27-23-36(24-28-38)47(35-20-16-15-17-21-35,37-25-29-39(55-2)30-26-37)58-34-40-43(52)44(45(59-40)49-32-31-41(50)48-46(49)53)57-33-19-14-12-10-8-6-4-5-7-9-11-13-18-22-42(51)56-3/h15-17,20-21,23-32,40,43-45,52H,4-14,18-19,22,33-34H2,1-3H3,(H,48,50,53). The minimum atomic E-state index is -1.15. The number of benzene rings is 3. The first-order chi connectivity index (χ1) is 28.8. The Morgan fingerprint density at radius 1 is 0.695 bits per heavy atom. The lowest BCUT2D eigenvalue weighted by atomic mass is 9.80. The summed E-state index contributed by atoms with van der Waals surface area (Å²) in [5, 5.41) is 11.8. The minimum Gasteiger partial charge on any atom is -0.497 e. The van der Waals surface area contributed by atoms with Gasteiger partial charge in [-0.25, -0.2) is 4.79 Å². The Morgan fingerprint density at radius 3 is 1.71 bits per heavy atom. The Labute approximate surface area is 347 Å². The molecule has 3 aromatic carbocycles. The molecule has 5 rings (SSSR count). The maximum atomic E-state index is 13.0. The predicted molar refractivity (Wildman–Crippen MR) is 226 cm³/mol. The van der Waals surface area contributed by atoms with Crippen molar-refractivity contribution >= 4 is 5.97 Å². The molecule has 0 spiro atoms. The van der Waals surface area contributed by atoms with Crippen LogP contribution in [-0.4, -0.2) is 73.5 Å². The van der Waals surface area contributed by atoms with Crippen molar-refractivity contribution in [1.82, 2.24) is 9.55 Å². The molecule has 12 nitrogen and oxygen atoms in total. The van der Waals surface area contributed by atoms with E-state index in [1.165, 1.54) is 68.9 Å². The van der Waals surface area contributed by atoms with E-state index in [9.17, 15) is 19.5 Å². The highest BCUT2D eigenvalue weighted by atomic mass is 16.6. The highest BCUT2D eigenvalue weighted by Crippen LogP contribution is 2.43. The monoisotopic (exact) mass is 814 g/mol. The van der Waals surface area contributed by atoms with E-state index in [0.717, 1.165) is 55.2 Å². The van der Waals surface area contributed by atoms with Gasteiger partial charge >= 0.3 is 11.7 Å². The van der Waals surface area contributed by atoms with Crippen molar-refractivity contribution in [3.05, 3.63) is 129 Å². The fourth-order valence-electron chi connectivity index (χ4n) is 7.81. The average molecular weight is 815 g/mol. The number of aliphatic hydroxyl groups is 1. The van der Waals surface area contributed by atoms with Gasteiger partial charge in [0.15, 0.2) is 6.23 Å². The van der Waals surface area contributed by atoms with Gasteiger partial charge in [-0.1, -0.05) is 125 Å². The molecule has 2 heterocycles. The maximum absolute atomic E-state index is 13.0. The summed E-state index contributed by atoms with van der Waals surface area (Å²) in [5.41, 5.74) is 0.158. The summed E-state index contributed by atoms with van der Waals surface area (Å²) in [6.45, 7) is 0.304. The molecule has 0 bridgehead atoms. The van der Waals surface area contributed by atoms with Gasteiger partial charge in [-0.3, -0.25) is 19.1 Å². The summed E-state index contributed by atoms with van der Waals surface area (Å²) >= 11 is 0. The third-order valence-electron chi connectivity index (χ3n) is 11.1. The summed E-state index contributed by atoms with van der Waals surface area (Å²) in [7, 11) is 4.67. The van der Waals surface area contributed by atoms with Gasteiger partial charge in [0.1, 0.15) is 35.4 Å². The summed E-state index contributed by atoms with van der Waals surface area (Å²) in [5.74, 6) is 1.26. The molecule has 2 N–H and O–H groups in total. The molecule has 0 radical (unpaired) electrons. The van der Waals surface area contributed by atoms with E-state index in [1.807, 2.05) is 78.9 Å². The van der Waals surface area contributed by atoms with Crippen LogP contribution in [0, 0.1) is 0 Å². The summed E-state index contributed by atoms with van der Waals surface area (Å²) in [4.78, 5) is 38.5. The van der Waals surface area contributed by atoms with E-state index >= 15 is 0 Å². The molecule has 1 aliphatic heterocycles. The van der Waals surface area contributed by atoms with E-state index in [-0.39, 0.29) is 12.6 Å². The second kappa shape index (κ2) is 23.7. The first-order valence-corrected chi connectivity index (χ1v) is 21.1. The van der Waals surface area contributed by atoms with Crippen LogP contribution in [0.25, 0.3) is 0 Å². The molecule has 1 aliphatic rings. The van der Waals surface area contributed by atoms with Crippen molar-refractivity contribution in [1.29, 1.82) is 0 Å². The first kappa shape index (κ1) is 45.3. The number of nitrogens with zero attached hydrogens (tertiary/aromatic N) is 1. The third kappa shape index (κ3) is 12.6. The number of carbonyl (C=O) groups excluding carboxylic acids is 1. The number of hydrogen-bond acceptors (Lipinski definition) is 10. The second-order valence-electron chi connectivity index (χ2n) is 15.1. The van der Waals surface area contributed by atoms with Crippen molar-refractivity contribution in [3.8, 4) is 11.5 Å². The maximum Gasteiger partial charge on any atom is 0.330 e. The number of esters is 1. The van der Waals surface area contributed by atoms with Gasteiger partial charge in [0.25, 0.3) is 5.56 Å². The van der Waals surface area contributed by atoms with E-state index in [1.54, 1.807) is 14.2 Å². The molecule has 4 unspecified atom stereocenters. The van der Waals surface area contributed by atoms with E-state index in [0.29, 0.717) is 24.5 Å². The average Bonchev–Trinajstić information content (AvgIpc) is 3.57. The number of aromatic nitrogens is 2. The van der Waals surface area contributed by atoms with E-state index in [4.69, 9.17) is 28.4 Å². The smallest absolute Gasteiger partial charge is 0.330 e. The lowest BCUT2D eigenvalue weighted by molar-refractivity contribution is -0.140. The SMILES string of the molecule is COC(=O)CCCCCCCCCCCCCCCOC1C(O)C(COC(c2ccccc2)(c2ccc(OC)cc2)c2ccc(OC)cc2)OC1n1ccc(=O)[nH]c1=O. The molecule has 320 valence electrons. The van der Waals surface area contributed by atoms with Crippen LogP contribution in [0.3, 0.4) is 0 Å². The number of nitrogens with one attached hydrogen (secondary N) is 1. The Hall–Kier alpha value is -4.75. The lowest BCUT2D eigenvalue weighted by Gasteiger charge is -2.37. The van der Waals surface area contributed by atoms with Crippen LogP contribution in [0.15, 0.2) is 101 Å². The number of ether oxygens (including phenoxy) is 6. The highest BCUT2D eigenvalue weighted by Gasteiger charge is 2.48. The molecular weight excluding hydrogens is 753 g/mol. The number of carbonyl (C=O) groups is 1. The predicted octanol–water partition coefficient (Wildman–Crippen LogP) is 7.84. The summed E-state index contributed by atoms with van der Waals surface area (Å²) < 4.78 is 36.7. The van der Waals surface area contributed by atoms with Crippen LogP contribution in [0.1, 0.15) is 113 Å². The van der Waals surface area contributed by atoms with E-state index < -0.39 is 41.4 Å². The molecule has 4 atom stereocenters. The normalized spacial score (nSPS) is 17.8. The van der Waals surface area contributed by atoms with Gasteiger partial charge in [0.2, 0.25) is 0 Å². The van der Waals surface area contributed by atoms with E-state index in [2.05, 4.69) is 4.98 Å². The summed E-state index contributed by atoms with van der Waals surface area (Å²) in [6, 6.07) is 26.4. The van der Waals surface area contributed by atoms with Crippen molar-refractivity contribution in [2.45, 2.75) is 120 Å². The van der Waals surface area contributed by atoms with Gasteiger partial charge in [-0.05, 0) is 53.8 Å². The van der Waals surface area contributed by atoms with Crippen LogP contribution in [0.5, 0.6) is 11.5 Å². The number of aliphatic hydroxyl groups excluding tert-OH is 1. The Morgan fingerprint density at radius 2 is 1.20 bits per heavy atom. The minimum absolute atomic E-state index is 0.0698. The van der Waals surface area contributed by atoms with Gasteiger partial charge in [0, 0.05) is 25.3 Å². The van der Waals surface area contributed by atoms with Crippen LogP contribution in [0.2, 0.25) is 0 Å². The molecule has 1 saturated heterocycles. The number of rotatable bonds is 26. The number of H-pyrrole nitrogens is 1. The molecule has 1 fully saturated rings. The number of methoxy groups -OCH3 is 3. The highest BCUT2D eigenvalue weighted by molar-refractivity contribution is 5.68. The van der Waals surface area contributed by atoms with Crippen LogP contribution in [-0.2, 0) is 29.3 Å². The zero-order valence-electron chi connectivity index (χ0n) is 34.9. The zero-order chi connectivity index (χ0) is 41.9. The third-order valence-corrected chi connectivity index (χ3v) is 11.1. The molecule has 1 aromatic heterocycles. The van der Waals surface area contributed by atoms with Gasteiger partial charge in [-0.2, -0.15) is 0 Å². The zero-order valence-corrected chi connectivity index (χ0v) is 34.9. The number of hydrogen-bond donors (Lipinski definition) is 2. The van der Waals surface area contributed by atoms with Gasteiger partial charge in [-0.15, -0.1) is 0 Å². The second-order valence-corrected chi connectivity index (χ2v) is 15.1. The molecule has 59 heavy (non-hydrogen) atoms. The van der Waals surface area contributed by atoms with Crippen LogP contribution in [0.4, 0.5) is 0 Å². The van der Waals surface area contributed by atoms with Crippen molar-refractivity contribution < 1.29 is 38.3 Å². The largest absolute Gasteiger partial charge is 0.497 e. The molecule has 12 heteroatoms. The van der Waals surface area contributed by atoms with Crippen molar-refractivity contribution in [2.75, 3.05) is 34.5 Å². The fraction of sp³-hybridized carbons (Fsp3) is 0.511. The topological polar surface area (TPSA) is 148 Å². The van der Waals surface area contributed by atoms with Crippen LogP contribution >= 0.6 is 0 Å². The quantitative estimate of drug-likeness (QED) is 0.0365. The number of aromatic amines is 1. The van der Waals surface area contributed by atoms with Gasteiger partial charge in [0.05, 0.1) is 27.9 Å². The molecular formula is C47H62N2O10. The molecule has 4 aromatic rings. The Balaban J connectivity index is 1.20. The Kier molecular flexibility index (Phi) is 18.2. The van der Waals surface area contributed by atoms with Crippen LogP contribution < -0.4 is 20.7 Å². The van der Waals surface area contributed by atoms with Crippen molar-refractivity contribution in [2.24, 2.45) is 0 Å². The number of unbranched alkanes of at least 4 members (excludes halogenated alkanes) is 12. The van der Waals surface area contributed by atoms with Gasteiger partial charge < -0.3 is 33.5 Å². The first-order valence-electron chi connectivity index (χ1n) is 21.1. The molecule has 0 saturated carbocycles. The lowest BCUT2D eigenvalue weighted by Crippen LogP contribution is -2.41. The summed E-state index contributed by atoms with van der Waals surface area (Å²) in [6.07, 6.45) is 12.5. The van der Waals surface area contributed by atoms with Crippen molar-refractivity contribution in [3.63, 3.8) is 0 Å². The Bertz CT molecular complexity index is 1880. The molecule has 0 aliphatic carbocycles.